The Kier molecular flexibility index (Phi) is 4.39. The minimum Gasteiger partial charge on any atom is -0.507 e. The summed E-state index contributed by atoms with van der Waals surface area (Å²) in [5.74, 6) is -0.258. The van der Waals surface area contributed by atoms with E-state index in [1.807, 2.05) is 0 Å². The molecule has 0 aliphatic heterocycles. The fourth-order valence-electron chi connectivity index (χ4n) is 1.36. The highest BCUT2D eigenvalue weighted by molar-refractivity contribution is 5.86. The standard InChI is InChI=1S/C12H15NO3/c1-2-16-12(15)7-9(8-13)10-5-3-4-6-11(10)14/h3-6,8,14H,2,7,13H2,1H3/b9-8-. The third-order valence-corrected chi connectivity index (χ3v) is 2.09. The van der Waals surface area contributed by atoms with Gasteiger partial charge in [-0.25, -0.2) is 0 Å². The summed E-state index contributed by atoms with van der Waals surface area (Å²) in [6.07, 6.45) is 1.37. The number of carbonyl (C=O) groups excluding carboxylic acids is 1. The average Bonchev–Trinajstić information content (AvgIpc) is 2.27. The van der Waals surface area contributed by atoms with Gasteiger partial charge in [-0.1, -0.05) is 18.2 Å². The highest BCUT2D eigenvalue weighted by atomic mass is 16.5. The summed E-state index contributed by atoms with van der Waals surface area (Å²) in [6, 6.07) is 6.72. The number of esters is 1. The van der Waals surface area contributed by atoms with Crippen molar-refractivity contribution in [2.24, 2.45) is 5.73 Å². The lowest BCUT2D eigenvalue weighted by atomic mass is 10.0. The largest absolute Gasteiger partial charge is 0.507 e. The summed E-state index contributed by atoms with van der Waals surface area (Å²) >= 11 is 0. The molecular weight excluding hydrogens is 206 g/mol. The average molecular weight is 221 g/mol. The Labute approximate surface area is 94.3 Å². The van der Waals surface area contributed by atoms with Gasteiger partial charge in [0.25, 0.3) is 0 Å². The van der Waals surface area contributed by atoms with E-state index in [2.05, 4.69) is 0 Å². The molecule has 0 amide bonds. The Hall–Kier alpha value is -1.97. The van der Waals surface area contributed by atoms with E-state index in [-0.39, 0.29) is 18.1 Å². The van der Waals surface area contributed by atoms with E-state index in [0.29, 0.717) is 17.7 Å². The molecule has 0 saturated carbocycles. The maximum atomic E-state index is 11.3. The highest BCUT2D eigenvalue weighted by Gasteiger charge is 2.11. The third kappa shape index (κ3) is 3.02. The quantitative estimate of drug-likeness (QED) is 0.758. The molecule has 0 aliphatic rings. The van der Waals surface area contributed by atoms with Crippen molar-refractivity contribution in [3.8, 4) is 5.75 Å². The zero-order chi connectivity index (χ0) is 12.0. The van der Waals surface area contributed by atoms with Crippen LogP contribution in [0, 0.1) is 0 Å². The van der Waals surface area contributed by atoms with Crippen molar-refractivity contribution in [3.05, 3.63) is 36.0 Å². The first-order valence-electron chi connectivity index (χ1n) is 5.03. The van der Waals surface area contributed by atoms with Gasteiger partial charge in [0.05, 0.1) is 13.0 Å². The van der Waals surface area contributed by atoms with E-state index in [9.17, 15) is 9.90 Å². The molecule has 0 saturated heterocycles. The van der Waals surface area contributed by atoms with Gasteiger partial charge in [-0.3, -0.25) is 4.79 Å². The maximum absolute atomic E-state index is 11.3. The first-order valence-corrected chi connectivity index (χ1v) is 5.03. The lowest BCUT2D eigenvalue weighted by Gasteiger charge is -2.08. The fraction of sp³-hybridized carbons (Fsp3) is 0.250. The van der Waals surface area contributed by atoms with Gasteiger partial charge < -0.3 is 15.6 Å². The van der Waals surface area contributed by atoms with Crippen LogP contribution in [0.3, 0.4) is 0 Å². The van der Waals surface area contributed by atoms with Gasteiger partial charge in [-0.05, 0) is 24.8 Å². The zero-order valence-corrected chi connectivity index (χ0v) is 9.14. The number of phenolic OH excluding ortho intramolecular Hbond substituents is 1. The topological polar surface area (TPSA) is 72.5 Å². The van der Waals surface area contributed by atoms with Crippen LogP contribution in [0.25, 0.3) is 5.57 Å². The summed E-state index contributed by atoms with van der Waals surface area (Å²) in [6.45, 7) is 2.07. The van der Waals surface area contributed by atoms with Crippen LogP contribution in [0.1, 0.15) is 18.9 Å². The van der Waals surface area contributed by atoms with Crippen LogP contribution < -0.4 is 5.73 Å². The van der Waals surface area contributed by atoms with Crippen LogP contribution in [0.5, 0.6) is 5.75 Å². The molecule has 86 valence electrons. The lowest BCUT2D eigenvalue weighted by Crippen LogP contribution is -2.05. The molecule has 0 spiro atoms. The lowest BCUT2D eigenvalue weighted by molar-refractivity contribution is -0.141. The van der Waals surface area contributed by atoms with E-state index in [4.69, 9.17) is 10.5 Å². The molecule has 0 aliphatic carbocycles. The molecule has 16 heavy (non-hydrogen) atoms. The molecule has 0 fully saturated rings. The second-order valence-electron chi connectivity index (χ2n) is 3.19. The van der Waals surface area contributed by atoms with Gasteiger partial charge >= 0.3 is 5.97 Å². The van der Waals surface area contributed by atoms with Crippen molar-refractivity contribution in [2.75, 3.05) is 6.61 Å². The zero-order valence-electron chi connectivity index (χ0n) is 9.14. The van der Waals surface area contributed by atoms with Crippen LogP contribution >= 0.6 is 0 Å². The second-order valence-corrected chi connectivity index (χ2v) is 3.19. The van der Waals surface area contributed by atoms with E-state index in [0.717, 1.165) is 0 Å². The van der Waals surface area contributed by atoms with Gasteiger partial charge in [-0.15, -0.1) is 0 Å². The normalized spacial score (nSPS) is 11.2. The Morgan fingerprint density at radius 3 is 2.75 bits per heavy atom. The molecule has 1 aromatic rings. The number of nitrogens with two attached hydrogens (primary N) is 1. The molecule has 3 N–H and O–H groups in total. The maximum Gasteiger partial charge on any atom is 0.310 e. The SMILES string of the molecule is CCOC(=O)C/C(=C/N)c1ccccc1O. The number of para-hydroxylation sites is 1. The Morgan fingerprint density at radius 1 is 1.50 bits per heavy atom. The summed E-state index contributed by atoms with van der Waals surface area (Å²) < 4.78 is 4.82. The molecule has 0 heterocycles. The summed E-state index contributed by atoms with van der Waals surface area (Å²) in [7, 11) is 0. The van der Waals surface area contributed by atoms with Crippen molar-refractivity contribution in [1.82, 2.24) is 0 Å². The van der Waals surface area contributed by atoms with E-state index >= 15 is 0 Å². The summed E-state index contributed by atoms with van der Waals surface area (Å²) in [4.78, 5) is 11.3. The van der Waals surface area contributed by atoms with Crippen molar-refractivity contribution in [2.45, 2.75) is 13.3 Å². The highest BCUT2D eigenvalue weighted by Crippen LogP contribution is 2.26. The minimum absolute atomic E-state index is 0.0575. The number of rotatable bonds is 4. The molecule has 1 rings (SSSR count). The summed E-state index contributed by atoms with van der Waals surface area (Å²) in [5, 5.41) is 9.61. The van der Waals surface area contributed by atoms with Crippen molar-refractivity contribution in [3.63, 3.8) is 0 Å². The molecular formula is C12H15NO3. The van der Waals surface area contributed by atoms with Crippen LogP contribution in [0.4, 0.5) is 0 Å². The predicted molar refractivity (Wildman–Crippen MR) is 61.5 cm³/mol. The van der Waals surface area contributed by atoms with Crippen molar-refractivity contribution < 1.29 is 14.6 Å². The van der Waals surface area contributed by atoms with E-state index in [1.165, 1.54) is 6.20 Å². The van der Waals surface area contributed by atoms with Gasteiger partial charge in [-0.2, -0.15) is 0 Å². The first kappa shape index (κ1) is 12.1. The molecule has 0 atom stereocenters. The predicted octanol–water partition coefficient (Wildman–Crippen LogP) is 1.65. The van der Waals surface area contributed by atoms with Gasteiger partial charge in [0.15, 0.2) is 0 Å². The van der Waals surface area contributed by atoms with Gasteiger partial charge in [0.2, 0.25) is 0 Å². The smallest absolute Gasteiger partial charge is 0.310 e. The van der Waals surface area contributed by atoms with Crippen LogP contribution in [0.15, 0.2) is 30.5 Å². The second kappa shape index (κ2) is 5.80. The van der Waals surface area contributed by atoms with Crippen LogP contribution in [-0.2, 0) is 9.53 Å². The first-order chi connectivity index (χ1) is 7.69. The monoisotopic (exact) mass is 221 g/mol. The molecule has 4 nitrogen and oxygen atoms in total. The van der Waals surface area contributed by atoms with Crippen LogP contribution in [-0.4, -0.2) is 17.7 Å². The van der Waals surface area contributed by atoms with Gasteiger partial charge in [0.1, 0.15) is 5.75 Å². The van der Waals surface area contributed by atoms with E-state index in [1.54, 1.807) is 31.2 Å². The number of hydrogen-bond donors (Lipinski definition) is 2. The Bertz CT molecular complexity index is 399. The Balaban J connectivity index is 2.85. The van der Waals surface area contributed by atoms with Crippen molar-refractivity contribution >= 4 is 11.5 Å². The van der Waals surface area contributed by atoms with Crippen molar-refractivity contribution in [1.29, 1.82) is 0 Å². The summed E-state index contributed by atoms with van der Waals surface area (Å²) in [5.41, 5.74) is 6.54. The minimum atomic E-state index is -0.359. The van der Waals surface area contributed by atoms with E-state index < -0.39 is 0 Å². The number of ether oxygens (including phenoxy) is 1. The van der Waals surface area contributed by atoms with Gasteiger partial charge in [0, 0.05) is 5.56 Å². The molecule has 0 bridgehead atoms. The molecule has 1 aromatic carbocycles. The number of benzene rings is 1. The van der Waals surface area contributed by atoms with Crippen LogP contribution in [0.2, 0.25) is 0 Å². The fourth-order valence-corrected chi connectivity index (χ4v) is 1.36. The third-order valence-electron chi connectivity index (χ3n) is 2.09. The molecule has 0 radical (unpaired) electrons. The molecule has 0 aromatic heterocycles. The molecule has 4 heteroatoms. The number of phenols is 1. The number of carbonyl (C=O) groups is 1. The number of hydrogen-bond acceptors (Lipinski definition) is 4. The molecule has 0 unspecified atom stereocenters. The number of aromatic hydroxyl groups is 1. The Morgan fingerprint density at radius 2 is 2.19 bits per heavy atom.